The summed E-state index contributed by atoms with van der Waals surface area (Å²) in [6.45, 7) is 0. The fraction of sp³-hybridized carbons (Fsp3) is 0. The summed E-state index contributed by atoms with van der Waals surface area (Å²) in [7, 11) is 0. The number of nitrogens with zero attached hydrogens (tertiary/aromatic N) is 3. The molecular formula is C41H25N3. The molecule has 10 rings (SSSR count). The molecule has 0 radical (unpaired) electrons. The number of hydrogen-bond acceptors (Lipinski definition) is 1. The first-order valence-electron chi connectivity index (χ1n) is 15.1. The van der Waals surface area contributed by atoms with E-state index in [9.17, 15) is 0 Å². The average molecular weight is 560 g/mol. The van der Waals surface area contributed by atoms with Crippen LogP contribution in [0.15, 0.2) is 152 Å². The molecule has 0 aliphatic heterocycles. The van der Waals surface area contributed by atoms with Crippen LogP contribution >= 0.6 is 0 Å². The van der Waals surface area contributed by atoms with Crippen LogP contribution in [0, 0.1) is 0 Å². The molecule has 44 heavy (non-hydrogen) atoms. The summed E-state index contributed by atoms with van der Waals surface area (Å²) in [4.78, 5) is 5.16. The minimum absolute atomic E-state index is 1.01. The van der Waals surface area contributed by atoms with E-state index in [-0.39, 0.29) is 0 Å². The first-order chi connectivity index (χ1) is 21.8. The molecule has 0 aliphatic rings. The Bertz CT molecular complexity index is 2710. The van der Waals surface area contributed by atoms with Gasteiger partial charge < -0.3 is 4.57 Å². The number of imidazole rings is 1. The zero-order valence-corrected chi connectivity index (χ0v) is 23.8. The predicted octanol–water partition coefficient (Wildman–Crippen LogP) is 10.7. The Morgan fingerprint density at radius 3 is 1.82 bits per heavy atom. The van der Waals surface area contributed by atoms with Crippen LogP contribution in [-0.2, 0) is 0 Å². The zero-order chi connectivity index (χ0) is 28.8. The van der Waals surface area contributed by atoms with Crippen LogP contribution in [0.25, 0.3) is 87.7 Å². The van der Waals surface area contributed by atoms with Gasteiger partial charge in [-0.2, -0.15) is 0 Å². The first kappa shape index (κ1) is 23.6. The largest absolute Gasteiger partial charge is 0.309 e. The molecule has 0 bridgehead atoms. The predicted molar refractivity (Wildman–Crippen MR) is 185 cm³/mol. The number of benzene rings is 7. The second-order valence-electron chi connectivity index (χ2n) is 11.6. The lowest BCUT2D eigenvalue weighted by atomic mass is 9.97. The van der Waals surface area contributed by atoms with Gasteiger partial charge >= 0.3 is 0 Å². The molecule has 0 atom stereocenters. The molecule has 3 heterocycles. The normalized spacial score (nSPS) is 12.1. The fourth-order valence-electron chi connectivity index (χ4n) is 7.30. The minimum Gasteiger partial charge on any atom is -0.309 e. The van der Waals surface area contributed by atoms with Crippen molar-refractivity contribution in [2.45, 2.75) is 0 Å². The lowest BCUT2D eigenvalue weighted by molar-refractivity contribution is 1.18. The zero-order valence-electron chi connectivity index (χ0n) is 23.8. The van der Waals surface area contributed by atoms with E-state index in [4.69, 9.17) is 4.98 Å². The van der Waals surface area contributed by atoms with E-state index in [1.807, 2.05) is 0 Å². The van der Waals surface area contributed by atoms with Gasteiger partial charge in [0.05, 0.1) is 27.6 Å². The molecule has 0 saturated carbocycles. The van der Waals surface area contributed by atoms with E-state index in [0.29, 0.717) is 0 Å². The lowest BCUT2D eigenvalue weighted by Crippen LogP contribution is -1.94. The van der Waals surface area contributed by atoms with Crippen LogP contribution in [0.5, 0.6) is 0 Å². The van der Waals surface area contributed by atoms with Gasteiger partial charge in [0.2, 0.25) is 0 Å². The van der Waals surface area contributed by atoms with Gasteiger partial charge in [0.1, 0.15) is 5.65 Å². The van der Waals surface area contributed by atoms with Gasteiger partial charge in [-0.1, -0.05) is 103 Å². The Kier molecular flexibility index (Phi) is 4.72. The molecule has 3 aromatic heterocycles. The first-order valence-corrected chi connectivity index (χ1v) is 15.1. The fourth-order valence-corrected chi connectivity index (χ4v) is 7.30. The van der Waals surface area contributed by atoms with Crippen LogP contribution in [-0.4, -0.2) is 14.0 Å². The maximum atomic E-state index is 5.16. The van der Waals surface area contributed by atoms with Gasteiger partial charge in [-0.15, -0.1) is 0 Å². The number of hydrogen-bond donors (Lipinski definition) is 0. The number of aromatic nitrogens is 3. The Morgan fingerprint density at radius 2 is 1.05 bits per heavy atom. The smallest absolute Gasteiger partial charge is 0.147 e. The molecule has 7 aromatic carbocycles. The summed E-state index contributed by atoms with van der Waals surface area (Å²) < 4.78 is 4.71. The van der Waals surface area contributed by atoms with Crippen molar-refractivity contribution in [3.8, 4) is 16.8 Å². The molecule has 0 saturated heterocycles. The van der Waals surface area contributed by atoms with Crippen LogP contribution in [0.3, 0.4) is 0 Å². The highest BCUT2D eigenvalue weighted by Gasteiger charge is 2.17. The van der Waals surface area contributed by atoms with Gasteiger partial charge in [-0.25, -0.2) is 4.98 Å². The molecule has 10 aromatic rings. The van der Waals surface area contributed by atoms with Gasteiger partial charge in [0.15, 0.2) is 0 Å². The van der Waals surface area contributed by atoms with Crippen molar-refractivity contribution >= 4 is 70.9 Å². The van der Waals surface area contributed by atoms with Crippen LogP contribution < -0.4 is 0 Å². The third kappa shape index (κ3) is 3.18. The van der Waals surface area contributed by atoms with Gasteiger partial charge in [-0.05, 0) is 75.8 Å². The van der Waals surface area contributed by atoms with Crippen molar-refractivity contribution in [1.82, 2.24) is 14.0 Å². The Hall–Kier alpha value is -5.93. The monoisotopic (exact) mass is 559 g/mol. The van der Waals surface area contributed by atoms with Crippen LogP contribution in [0.2, 0.25) is 0 Å². The topological polar surface area (TPSA) is 22.2 Å². The summed E-state index contributed by atoms with van der Waals surface area (Å²) in [5, 5.41) is 8.67. The Balaban J connectivity index is 1.21. The second kappa shape index (κ2) is 8.79. The van der Waals surface area contributed by atoms with Crippen LogP contribution in [0.1, 0.15) is 0 Å². The van der Waals surface area contributed by atoms with Gasteiger partial charge in [0, 0.05) is 27.2 Å². The molecule has 0 aliphatic carbocycles. The molecule has 3 heteroatoms. The summed E-state index contributed by atoms with van der Waals surface area (Å²) in [5.74, 6) is 0. The number of pyridine rings is 1. The third-order valence-electron chi connectivity index (χ3n) is 9.28. The number of para-hydroxylation sites is 4. The highest BCUT2D eigenvalue weighted by atomic mass is 15.0. The van der Waals surface area contributed by atoms with Crippen molar-refractivity contribution in [2.24, 2.45) is 0 Å². The quantitative estimate of drug-likeness (QED) is 0.193. The average Bonchev–Trinajstić information content (AvgIpc) is 3.64. The van der Waals surface area contributed by atoms with Gasteiger partial charge in [0.25, 0.3) is 0 Å². The van der Waals surface area contributed by atoms with Crippen molar-refractivity contribution in [2.75, 3.05) is 0 Å². The minimum atomic E-state index is 1.01. The maximum absolute atomic E-state index is 5.16. The standard InChI is InChI=1S/C41H25N3/c1-2-10-30-27(9-1)19-23-33-34-25-28(20-24-38(34)44-39-16-8-5-13-35(39)42-41(44)40(30)33)26-17-21-29(22-18-26)43-36-14-6-3-11-31(36)32-12-4-7-15-37(32)43/h1-25H. The van der Waals surface area contributed by atoms with Crippen molar-refractivity contribution in [1.29, 1.82) is 0 Å². The molecule has 0 N–H and O–H groups in total. The summed E-state index contributed by atoms with van der Waals surface area (Å²) in [5.41, 5.74) is 10.3. The van der Waals surface area contributed by atoms with E-state index >= 15 is 0 Å². The molecule has 204 valence electrons. The molecule has 0 spiro atoms. The van der Waals surface area contributed by atoms with E-state index in [1.54, 1.807) is 0 Å². The second-order valence-corrected chi connectivity index (χ2v) is 11.6. The highest BCUT2D eigenvalue weighted by molar-refractivity contribution is 6.23. The molecule has 0 unspecified atom stereocenters. The summed E-state index contributed by atoms with van der Waals surface area (Å²) in [6, 6.07) is 54.8. The maximum Gasteiger partial charge on any atom is 0.147 e. The van der Waals surface area contributed by atoms with Crippen molar-refractivity contribution < 1.29 is 0 Å². The Morgan fingerprint density at radius 1 is 0.409 bits per heavy atom. The van der Waals surface area contributed by atoms with Crippen molar-refractivity contribution in [3.05, 3.63) is 152 Å². The molecular weight excluding hydrogens is 534 g/mol. The lowest BCUT2D eigenvalue weighted by Gasteiger charge is -2.13. The van der Waals surface area contributed by atoms with Crippen LogP contribution in [0.4, 0.5) is 0 Å². The number of fused-ring (bicyclic) bond motifs is 13. The summed E-state index contributed by atoms with van der Waals surface area (Å²) in [6.07, 6.45) is 0. The van der Waals surface area contributed by atoms with E-state index in [0.717, 1.165) is 22.4 Å². The van der Waals surface area contributed by atoms with E-state index in [2.05, 4.69) is 161 Å². The Labute approximate surface area is 252 Å². The van der Waals surface area contributed by atoms with E-state index < -0.39 is 0 Å². The molecule has 0 amide bonds. The molecule has 0 fully saturated rings. The van der Waals surface area contributed by atoms with Gasteiger partial charge in [-0.3, -0.25) is 4.40 Å². The van der Waals surface area contributed by atoms with Crippen molar-refractivity contribution in [3.63, 3.8) is 0 Å². The van der Waals surface area contributed by atoms with E-state index in [1.165, 1.54) is 65.4 Å². The molecule has 3 nitrogen and oxygen atoms in total. The number of rotatable bonds is 2. The third-order valence-corrected chi connectivity index (χ3v) is 9.28. The highest BCUT2D eigenvalue weighted by Crippen LogP contribution is 2.38. The summed E-state index contributed by atoms with van der Waals surface area (Å²) >= 11 is 0. The SMILES string of the molecule is c1ccc2c(c1)ccc1c3cc(-c4ccc(-n5c6ccccc6c6ccccc65)cc4)ccc3n3c4ccccc4nc3c21.